The molecule has 8 aromatic rings. The molecule has 0 aliphatic carbocycles. The van der Waals surface area contributed by atoms with E-state index in [1.165, 1.54) is 12.1 Å². The van der Waals surface area contributed by atoms with Crippen molar-refractivity contribution in [2.75, 3.05) is 9.80 Å². The topological polar surface area (TPSA) is 63.0 Å². The Balaban J connectivity index is 1.55. The van der Waals surface area contributed by atoms with E-state index < -0.39 is 21.4 Å². The van der Waals surface area contributed by atoms with Crippen molar-refractivity contribution >= 4 is 77.0 Å². The molecule has 0 fully saturated rings. The summed E-state index contributed by atoms with van der Waals surface area (Å²) in [7, 11) is -6.02. The minimum absolute atomic E-state index is 0.130. The van der Waals surface area contributed by atoms with Crippen molar-refractivity contribution in [1.29, 1.82) is 0 Å². The summed E-state index contributed by atoms with van der Waals surface area (Å²) in [5.41, 5.74) is -0.929. The van der Waals surface area contributed by atoms with Crippen molar-refractivity contribution in [3.8, 4) is 5.75 Å². The van der Waals surface area contributed by atoms with Gasteiger partial charge in [-0.25, -0.2) is 0 Å². The Morgan fingerprint density at radius 1 is 0.529 bits per heavy atom. The molecule has 51 heavy (non-hydrogen) atoms. The fourth-order valence-corrected chi connectivity index (χ4v) is 6.85. The van der Waals surface area contributed by atoms with Crippen LogP contribution in [0.4, 0.5) is 47.3 Å². The first kappa shape index (κ1) is 32.0. The number of furan rings is 1. The maximum Gasteiger partial charge on any atom is 0.534 e. The molecule has 0 saturated heterocycles. The van der Waals surface area contributed by atoms with E-state index in [0.717, 1.165) is 27.8 Å². The van der Waals surface area contributed by atoms with E-state index in [2.05, 4.69) is 11.0 Å². The minimum atomic E-state index is -6.02. The van der Waals surface area contributed by atoms with Crippen LogP contribution in [0.1, 0.15) is 0 Å². The minimum Gasteiger partial charge on any atom is -0.455 e. The van der Waals surface area contributed by atoms with Gasteiger partial charge in [0.25, 0.3) is 0 Å². The lowest BCUT2D eigenvalue weighted by Crippen LogP contribution is -2.28. The predicted molar refractivity (Wildman–Crippen MR) is 196 cm³/mol. The van der Waals surface area contributed by atoms with Gasteiger partial charge in [0, 0.05) is 40.3 Å². The summed E-state index contributed by atoms with van der Waals surface area (Å²) >= 11 is 0. The summed E-state index contributed by atoms with van der Waals surface area (Å²) in [6.07, 6.45) is 0. The standard InChI is InChI=1S/C41H27F3N2O4S/c42-41(43,44)51(47,48)50-33-26-36(46(31-20-9-3-10-21-31)32-22-11-4-12-23-32)38-37(27-33)49-40-34-24-14-13-15-28(34)25-35(39(38)40)45(29-16-5-1-6-17-29)30-18-7-2-8-19-30/h1-27H. The first-order chi connectivity index (χ1) is 24.7. The quantitative estimate of drug-likeness (QED) is 0.116. The predicted octanol–water partition coefficient (Wildman–Crippen LogP) is 11.9. The highest BCUT2D eigenvalue weighted by atomic mass is 32.2. The van der Waals surface area contributed by atoms with Crippen LogP contribution in [0.3, 0.4) is 0 Å². The van der Waals surface area contributed by atoms with Gasteiger partial charge in [0.2, 0.25) is 0 Å². The molecule has 0 radical (unpaired) electrons. The summed E-state index contributed by atoms with van der Waals surface area (Å²) in [6.45, 7) is 0. The third-order valence-electron chi connectivity index (χ3n) is 8.53. The molecule has 8 rings (SSSR count). The lowest BCUT2D eigenvalue weighted by molar-refractivity contribution is -0.0500. The Hall–Kier alpha value is -6.26. The zero-order chi connectivity index (χ0) is 35.2. The van der Waals surface area contributed by atoms with Crippen LogP contribution in [0.5, 0.6) is 5.75 Å². The normalized spacial score (nSPS) is 12.0. The van der Waals surface area contributed by atoms with Crippen LogP contribution < -0.4 is 14.0 Å². The monoisotopic (exact) mass is 700 g/mol. The molecule has 7 aromatic carbocycles. The molecule has 0 bridgehead atoms. The van der Waals surface area contributed by atoms with Gasteiger partial charge in [-0.05, 0) is 60.0 Å². The van der Waals surface area contributed by atoms with Crippen LogP contribution in [-0.4, -0.2) is 13.9 Å². The largest absolute Gasteiger partial charge is 0.534 e. The summed E-state index contributed by atoms with van der Waals surface area (Å²) in [5.74, 6) is -0.556. The number of hydrogen-bond acceptors (Lipinski definition) is 6. The lowest BCUT2D eigenvalue weighted by Gasteiger charge is -2.28. The lowest BCUT2D eigenvalue weighted by atomic mass is 10.0. The molecule has 0 unspecified atom stereocenters. The van der Waals surface area contributed by atoms with E-state index in [1.54, 1.807) is 0 Å². The van der Waals surface area contributed by atoms with Gasteiger partial charge in [-0.1, -0.05) is 97.1 Å². The number of alkyl halides is 3. The Morgan fingerprint density at radius 2 is 0.961 bits per heavy atom. The molecule has 0 N–H and O–H groups in total. The molecular formula is C41H27F3N2O4S. The molecule has 1 heterocycles. The highest BCUT2D eigenvalue weighted by molar-refractivity contribution is 7.88. The Labute approximate surface area is 291 Å². The van der Waals surface area contributed by atoms with E-state index in [0.29, 0.717) is 33.4 Å². The van der Waals surface area contributed by atoms with Crippen LogP contribution >= 0.6 is 0 Å². The van der Waals surface area contributed by atoms with E-state index >= 15 is 0 Å². The van der Waals surface area contributed by atoms with Crippen LogP contribution in [-0.2, 0) is 10.1 Å². The fourth-order valence-electron chi connectivity index (χ4n) is 6.40. The molecule has 0 spiro atoms. The molecule has 0 atom stereocenters. The Bertz CT molecular complexity index is 2540. The van der Waals surface area contributed by atoms with E-state index in [9.17, 15) is 21.6 Å². The van der Waals surface area contributed by atoms with E-state index in [4.69, 9.17) is 8.60 Å². The number of anilines is 6. The number of nitrogens with zero attached hydrogens (tertiary/aromatic N) is 2. The molecular weight excluding hydrogens is 674 g/mol. The number of hydrogen-bond donors (Lipinski definition) is 0. The van der Waals surface area contributed by atoms with Gasteiger partial charge >= 0.3 is 15.6 Å². The van der Waals surface area contributed by atoms with Crippen molar-refractivity contribution in [3.63, 3.8) is 0 Å². The molecule has 6 nitrogen and oxygen atoms in total. The number of benzene rings is 7. The van der Waals surface area contributed by atoms with Crippen molar-refractivity contribution in [1.82, 2.24) is 0 Å². The second-order valence-corrected chi connectivity index (χ2v) is 13.3. The second kappa shape index (κ2) is 12.6. The summed E-state index contributed by atoms with van der Waals surface area (Å²) in [6, 6.07) is 50.4. The summed E-state index contributed by atoms with van der Waals surface area (Å²) in [4.78, 5) is 3.94. The van der Waals surface area contributed by atoms with E-state index in [1.807, 2.05) is 150 Å². The van der Waals surface area contributed by atoms with Gasteiger partial charge < -0.3 is 18.4 Å². The fraction of sp³-hybridized carbons (Fsp3) is 0.0244. The molecule has 0 saturated carbocycles. The zero-order valence-corrected chi connectivity index (χ0v) is 27.5. The first-order valence-corrected chi connectivity index (χ1v) is 17.3. The molecule has 10 heteroatoms. The van der Waals surface area contributed by atoms with Crippen molar-refractivity contribution in [2.24, 2.45) is 0 Å². The third-order valence-corrected chi connectivity index (χ3v) is 9.51. The maximum atomic E-state index is 13.7. The zero-order valence-electron chi connectivity index (χ0n) is 26.7. The van der Waals surface area contributed by atoms with Gasteiger partial charge in [-0.15, -0.1) is 0 Å². The van der Waals surface area contributed by atoms with Crippen LogP contribution in [0.25, 0.3) is 32.7 Å². The number of rotatable bonds is 8. The van der Waals surface area contributed by atoms with Crippen molar-refractivity contribution in [2.45, 2.75) is 5.51 Å². The molecule has 0 aliphatic rings. The molecule has 1 aromatic heterocycles. The average molecular weight is 701 g/mol. The third kappa shape index (κ3) is 5.79. The highest BCUT2D eigenvalue weighted by Crippen LogP contribution is 2.51. The number of fused-ring (bicyclic) bond motifs is 5. The van der Waals surface area contributed by atoms with Gasteiger partial charge in [0.05, 0.1) is 22.1 Å². The van der Waals surface area contributed by atoms with Gasteiger partial charge in [0.15, 0.2) is 0 Å². The first-order valence-electron chi connectivity index (χ1n) is 15.9. The van der Waals surface area contributed by atoms with Gasteiger partial charge in [0.1, 0.15) is 16.9 Å². The second-order valence-electron chi connectivity index (χ2n) is 11.7. The summed E-state index contributed by atoms with van der Waals surface area (Å²) < 4.78 is 77.2. The molecule has 0 amide bonds. The van der Waals surface area contributed by atoms with Gasteiger partial charge in [-0.3, -0.25) is 0 Å². The maximum absolute atomic E-state index is 13.7. The smallest absolute Gasteiger partial charge is 0.455 e. The average Bonchev–Trinajstić information content (AvgIpc) is 3.53. The molecule has 252 valence electrons. The van der Waals surface area contributed by atoms with Gasteiger partial charge in [-0.2, -0.15) is 21.6 Å². The Morgan fingerprint density at radius 3 is 1.43 bits per heavy atom. The van der Waals surface area contributed by atoms with Crippen LogP contribution in [0.15, 0.2) is 168 Å². The van der Waals surface area contributed by atoms with E-state index in [-0.39, 0.29) is 5.58 Å². The Kier molecular flexibility index (Phi) is 7.88. The number of para-hydroxylation sites is 4. The van der Waals surface area contributed by atoms with Crippen LogP contribution in [0, 0.1) is 0 Å². The SMILES string of the molecule is O=S(=O)(Oc1cc(N(c2ccccc2)c2ccccc2)c2c(c1)oc1c3ccccc3cc(N(c3ccccc3)c3ccccc3)c12)C(F)(F)F. The van der Waals surface area contributed by atoms with Crippen LogP contribution in [0.2, 0.25) is 0 Å². The van der Waals surface area contributed by atoms with Crippen molar-refractivity contribution < 1.29 is 30.2 Å². The highest BCUT2D eigenvalue weighted by Gasteiger charge is 2.48. The van der Waals surface area contributed by atoms with Crippen molar-refractivity contribution in [3.05, 3.63) is 164 Å². The molecule has 0 aliphatic heterocycles. The summed E-state index contributed by atoms with van der Waals surface area (Å²) in [5, 5.41) is 2.81. The number of halogens is 3.